The predicted molar refractivity (Wildman–Crippen MR) is 86.6 cm³/mol. The lowest BCUT2D eigenvalue weighted by molar-refractivity contribution is 0.202. The van der Waals surface area contributed by atoms with Crippen LogP contribution >= 0.6 is 23.1 Å². The number of rotatable bonds is 5. The average molecular weight is 313 g/mol. The Morgan fingerprint density at radius 2 is 2.45 bits per heavy atom. The van der Waals surface area contributed by atoms with Crippen LogP contribution in [-0.2, 0) is 0 Å². The van der Waals surface area contributed by atoms with E-state index in [0.717, 1.165) is 17.8 Å². The first-order valence-electron chi connectivity index (χ1n) is 7.04. The minimum Gasteiger partial charge on any atom is -0.335 e. The zero-order chi connectivity index (χ0) is 14.5. The van der Waals surface area contributed by atoms with Crippen LogP contribution in [0, 0.1) is 0 Å². The molecule has 0 bridgehead atoms. The van der Waals surface area contributed by atoms with Gasteiger partial charge in [-0.1, -0.05) is 6.92 Å². The van der Waals surface area contributed by atoms with Crippen molar-refractivity contribution in [2.75, 3.05) is 19.8 Å². The van der Waals surface area contributed by atoms with Crippen molar-refractivity contribution in [1.29, 1.82) is 0 Å². The van der Waals surface area contributed by atoms with Crippen LogP contribution in [0.2, 0.25) is 0 Å². The maximum Gasteiger partial charge on any atom is 0.317 e. The summed E-state index contributed by atoms with van der Waals surface area (Å²) < 4.78 is 0. The smallest absolute Gasteiger partial charge is 0.317 e. The van der Waals surface area contributed by atoms with Crippen LogP contribution in [0.5, 0.6) is 0 Å². The molecule has 0 saturated heterocycles. The lowest BCUT2D eigenvalue weighted by atomic mass is 10.2. The normalized spacial score (nSPS) is 23.6. The van der Waals surface area contributed by atoms with Crippen molar-refractivity contribution < 1.29 is 4.79 Å². The van der Waals surface area contributed by atoms with E-state index in [9.17, 15) is 4.79 Å². The van der Waals surface area contributed by atoms with Gasteiger partial charge >= 0.3 is 6.03 Å². The summed E-state index contributed by atoms with van der Waals surface area (Å²) in [5.41, 5.74) is 0. The molecule has 1 heterocycles. The fourth-order valence-electron chi connectivity index (χ4n) is 2.62. The number of carbonyl (C=O) groups excluding carboxylic acids is 1. The fraction of sp³-hybridized carbons (Fsp3) is 0.714. The number of thioether (sulfide) groups is 1. The molecule has 0 spiro atoms. The molecule has 1 aliphatic rings. The van der Waals surface area contributed by atoms with Gasteiger partial charge in [0.25, 0.3) is 0 Å². The molecule has 0 aromatic carbocycles. The zero-order valence-electron chi connectivity index (χ0n) is 12.3. The number of hydrogen-bond acceptors (Lipinski definition) is 4. The van der Waals surface area contributed by atoms with E-state index >= 15 is 0 Å². The molecule has 0 aliphatic heterocycles. The number of carbonyl (C=O) groups is 1. The Balaban J connectivity index is 1.77. The molecular weight excluding hydrogens is 290 g/mol. The van der Waals surface area contributed by atoms with Crippen LogP contribution in [-0.4, -0.2) is 47.1 Å². The molecule has 1 aromatic heterocycles. The molecule has 0 radical (unpaired) electrons. The molecule has 1 saturated carbocycles. The van der Waals surface area contributed by atoms with Crippen LogP contribution in [0.4, 0.5) is 4.79 Å². The van der Waals surface area contributed by atoms with Gasteiger partial charge in [0.05, 0.1) is 5.01 Å². The highest BCUT2D eigenvalue weighted by molar-refractivity contribution is 7.99. The maximum atomic E-state index is 12.2. The largest absolute Gasteiger partial charge is 0.335 e. The highest BCUT2D eigenvalue weighted by atomic mass is 32.2. The highest BCUT2D eigenvalue weighted by Gasteiger charge is 2.26. The first-order chi connectivity index (χ1) is 9.60. The van der Waals surface area contributed by atoms with Crippen molar-refractivity contribution in [2.45, 2.75) is 43.4 Å². The van der Waals surface area contributed by atoms with E-state index in [1.807, 2.05) is 30.4 Å². The van der Waals surface area contributed by atoms with Gasteiger partial charge < -0.3 is 10.2 Å². The van der Waals surface area contributed by atoms with E-state index in [1.165, 1.54) is 6.42 Å². The molecule has 1 N–H and O–H groups in total. The van der Waals surface area contributed by atoms with Gasteiger partial charge in [-0.15, -0.1) is 11.3 Å². The summed E-state index contributed by atoms with van der Waals surface area (Å²) in [6, 6.07) is 0.387. The summed E-state index contributed by atoms with van der Waals surface area (Å²) in [7, 11) is 1.86. The number of likely N-dealkylation sites (N-methyl/N-ethyl adjacent to an activating group) is 1. The van der Waals surface area contributed by atoms with E-state index in [4.69, 9.17) is 0 Å². The van der Waals surface area contributed by atoms with Gasteiger partial charge in [0, 0.05) is 42.4 Å². The number of thiazole rings is 1. The summed E-state index contributed by atoms with van der Waals surface area (Å²) >= 11 is 3.56. The van der Waals surface area contributed by atoms with Crippen LogP contribution in [0.25, 0.3) is 0 Å². The quantitative estimate of drug-likeness (QED) is 0.908. The molecule has 6 heteroatoms. The number of amides is 2. The van der Waals surface area contributed by atoms with Crippen LogP contribution in [0.3, 0.4) is 0 Å². The topological polar surface area (TPSA) is 45.2 Å². The molecule has 112 valence electrons. The van der Waals surface area contributed by atoms with Crippen LogP contribution < -0.4 is 5.32 Å². The molecule has 20 heavy (non-hydrogen) atoms. The third-order valence-corrected chi connectivity index (χ3v) is 5.91. The van der Waals surface area contributed by atoms with Gasteiger partial charge in [0.2, 0.25) is 0 Å². The zero-order valence-corrected chi connectivity index (χ0v) is 14.0. The summed E-state index contributed by atoms with van der Waals surface area (Å²) in [6.45, 7) is 2.82. The van der Waals surface area contributed by atoms with E-state index in [1.54, 1.807) is 16.2 Å². The number of hydrogen-bond donors (Lipinski definition) is 1. The number of urea groups is 1. The van der Waals surface area contributed by atoms with Crippen molar-refractivity contribution in [3.05, 3.63) is 16.6 Å². The molecule has 2 rings (SSSR count). The predicted octanol–water partition coefficient (Wildman–Crippen LogP) is 3.17. The van der Waals surface area contributed by atoms with Gasteiger partial charge in [-0.3, -0.25) is 0 Å². The molecule has 1 aliphatic carbocycles. The first kappa shape index (κ1) is 15.6. The number of nitrogens with zero attached hydrogens (tertiary/aromatic N) is 2. The molecule has 1 aromatic rings. The SMILES string of the molecule is CS[C@@H]1CC[C@H](NC(=O)N(C)C[C@@H](C)c2nccs2)C1. The standard InChI is InChI=1S/C14H23N3OS2/c1-10(13-15-6-7-20-13)9-17(2)14(18)16-11-4-5-12(8-11)19-3/h6-7,10-12H,4-5,8-9H2,1-3H3,(H,16,18)/t10-,11+,12-/m1/s1. The first-order valence-corrected chi connectivity index (χ1v) is 9.20. The second kappa shape index (κ2) is 7.31. The summed E-state index contributed by atoms with van der Waals surface area (Å²) in [4.78, 5) is 18.3. The Morgan fingerprint density at radius 3 is 3.05 bits per heavy atom. The van der Waals surface area contributed by atoms with Gasteiger partial charge in [-0.05, 0) is 25.5 Å². The summed E-state index contributed by atoms with van der Waals surface area (Å²) in [5, 5.41) is 6.93. The molecule has 1 fully saturated rings. The molecular formula is C14H23N3OS2. The highest BCUT2D eigenvalue weighted by Crippen LogP contribution is 2.28. The van der Waals surface area contributed by atoms with Gasteiger partial charge in [0.15, 0.2) is 0 Å². The van der Waals surface area contributed by atoms with Crippen molar-refractivity contribution in [3.8, 4) is 0 Å². The lowest BCUT2D eigenvalue weighted by Crippen LogP contribution is -2.43. The van der Waals surface area contributed by atoms with Crippen molar-refractivity contribution >= 4 is 29.1 Å². The third-order valence-electron chi connectivity index (χ3n) is 3.81. The Kier molecular flexibility index (Phi) is 5.72. The maximum absolute atomic E-state index is 12.2. The van der Waals surface area contributed by atoms with E-state index in [2.05, 4.69) is 23.5 Å². The molecule has 2 amide bonds. The summed E-state index contributed by atoms with van der Waals surface area (Å²) in [5.74, 6) is 0.285. The lowest BCUT2D eigenvalue weighted by Gasteiger charge is -2.23. The molecule has 3 atom stereocenters. The van der Waals surface area contributed by atoms with E-state index in [-0.39, 0.29) is 11.9 Å². The van der Waals surface area contributed by atoms with Crippen LogP contribution in [0.15, 0.2) is 11.6 Å². The second-order valence-corrected chi connectivity index (χ2v) is 7.53. The van der Waals surface area contributed by atoms with Gasteiger partial charge in [-0.25, -0.2) is 9.78 Å². The van der Waals surface area contributed by atoms with Crippen LogP contribution in [0.1, 0.15) is 37.1 Å². The minimum atomic E-state index is 0.0418. The summed E-state index contributed by atoms with van der Waals surface area (Å²) in [6.07, 6.45) is 7.38. The van der Waals surface area contributed by atoms with E-state index in [0.29, 0.717) is 17.8 Å². The minimum absolute atomic E-state index is 0.0418. The van der Waals surface area contributed by atoms with Gasteiger partial charge in [0.1, 0.15) is 0 Å². The number of nitrogens with one attached hydrogen (secondary N) is 1. The monoisotopic (exact) mass is 313 g/mol. The third kappa shape index (κ3) is 4.12. The molecule has 4 nitrogen and oxygen atoms in total. The Hall–Kier alpha value is -0.750. The Morgan fingerprint density at radius 1 is 1.65 bits per heavy atom. The molecule has 0 unspecified atom stereocenters. The van der Waals surface area contributed by atoms with E-state index < -0.39 is 0 Å². The van der Waals surface area contributed by atoms with Crippen molar-refractivity contribution in [3.63, 3.8) is 0 Å². The van der Waals surface area contributed by atoms with Crippen molar-refractivity contribution in [1.82, 2.24) is 15.2 Å². The fourth-order valence-corrected chi connectivity index (χ4v) is 4.11. The average Bonchev–Trinajstić information content (AvgIpc) is 3.09. The van der Waals surface area contributed by atoms with Gasteiger partial charge in [-0.2, -0.15) is 11.8 Å². The van der Waals surface area contributed by atoms with Crippen molar-refractivity contribution in [2.24, 2.45) is 0 Å². The second-order valence-electron chi connectivity index (χ2n) is 5.47. The Labute approximate surface area is 129 Å². The number of aromatic nitrogens is 1. The Bertz CT molecular complexity index is 424.